The number of aromatic nitrogens is 1. The lowest BCUT2D eigenvalue weighted by Gasteiger charge is -2.20. The van der Waals surface area contributed by atoms with E-state index in [-0.39, 0.29) is 6.03 Å². The summed E-state index contributed by atoms with van der Waals surface area (Å²) in [5.41, 5.74) is 2.29. The van der Waals surface area contributed by atoms with Crippen LogP contribution in [0.15, 0.2) is 18.5 Å². The van der Waals surface area contributed by atoms with Crippen LogP contribution in [-0.4, -0.2) is 51.6 Å². The third kappa shape index (κ3) is 2.79. The van der Waals surface area contributed by atoms with Crippen molar-refractivity contribution in [3.63, 3.8) is 0 Å². The molecule has 7 heteroatoms. The van der Waals surface area contributed by atoms with Crippen molar-refractivity contribution in [3.05, 3.63) is 29.6 Å². The van der Waals surface area contributed by atoms with Gasteiger partial charge in [-0.2, -0.15) is 0 Å². The number of pyridine rings is 1. The molecule has 3 amide bonds. The van der Waals surface area contributed by atoms with Crippen LogP contribution in [0.2, 0.25) is 0 Å². The Labute approximate surface area is 140 Å². The van der Waals surface area contributed by atoms with Crippen LogP contribution in [0.3, 0.4) is 0 Å². The summed E-state index contributed by atoms with van der Waals surface area (Å²) in [4.78, 5) is 30.8. The molecule has 7 nitrogen and oxygen atoms in total. The zero-order chi connectivity index (χ0) is 16.7. The molecule has 3 atom stereocenters. The number of amides is 3. The lowest BCUT2D eigenvalue weighted by atomic mass is 10.0. The number of urea groups is 1. The molecule has 1 saturated heterocycles. The van der Waals surface area contributed by atoms with E-state index in [0.717, 1.165) is 18.4 Å². The topological polar surface area (TPSA) is 85.8 Å². The van der Waals surface area contributed by atoms with Gasteiger partial charge in [0.25, 0.3) is 0 Å². The van der Waals surface area contributed by atoms with Crippen molar-refractivity contribution in [1.82, 2.24) is 20.1 Å². The van der Waals surface area contributed by atoms with Gasteiger partial charge in [-0.3, -0.25) is 4.98 Å². The van der Waals surface area contributed by atoms with Crippen LogP contribution in [0, 0.1) is 17.8 Å². The van der Waals surface area contributed by atoms with Crippen molar-refractivity contribution >= 4 is 12.1 Å². The second kappa shape index (κ2) is 5.96. The first-order valence-electron chi connectivity index (χ1n) is 8.52. The second-order valence-corrected chi connectivity index (χ2v) is 7.23. The van der Waals surface area contributed by atoms with Gasteiger partial charge in [0.15, 0.2) is 0 Å². The fraction of sp³-hybridized carbons (Fsp3) is 0.588. The lowest BCUT2D eigenvalue weighted by Crippen LogP contribution is -2.39. The Bertz CT molecular complexity index is 626. The number of rotatable bonds is 2. The Hall–Kier alpha value is -2.31. The highest BCUT2D eigenvalue weighted by atomic mass is 16.4. The third-order valence-electron chi connectivity index (χ3n) is 5.68. The average molecular weight is 330 g/mol. The maximum atomic E-state index is 12.4. The third-order valence-corrected chi connectivity index (χ3v) is 5.68. The Kier molecular flexibility index (Phi) is 3.78. The van der Waals surface area contributed by atoms with Gasteiger partial charge in [0.2, 0.25) is 0 Å². The van der Waals surface area contributed by atoms with Crippen molar-refractivity contribution < 1.29 is 14.7 Å². The van der Waals surface area contributed by atoms with E-state index in [4.69, 9.17) is 5.11 Å². The average Bonchev–Trinajstić information content (AvgIpc) is 3.24. The standard InChI is InChI=1S/C17H22N4O3/c22-16(20-7-12-1-2-18-6-15(12)10-20)19-5-11-3-13-8-21(17(23)24)9-14(13)4-11/h1-2,6,11,13-14H,3-5,7-10H2,(H,19,22)(H,23,24)/t11?,13-,14+. The van der Waals surface area contributed by atoms with Gasteiger partial charge in [0, 0.05) is 45.1 Å². The molecule has 2 N–H and O–H groups in total. The molecular formula is C17H22N4O3. The van der Waals surface area contributed by atoms with E-state index in [1.807, 2.05) is 17.2 Å². The molecule has 0 aromatic carbocycles. The fourth-order valence-corrected chi connectivity index (χ4v) is 4.45. The van der Waals surface area contributed by atoms with E-state index in [2.05, 4.69) is 10.3 Å². The number of fused-ring (bicyclic) bond motifs is 2. The Balaban J connectivity index is 1.24. The fourth-order valence-electron chi connectivity index (χ4n) is 4.45. The summed E-state index contributed by atoms with van der Waals surface area (Å²) in [6.07, 6.45) is 4.81. The first kappa shape index (κ1) is 15.2. The molecule has 3 heterocycles. The van der Waals surface area contributed by atoms with Crippen LogP contribution in [0.5, 0.6) is 0 Å². The van der Waals surface area contributed by atoms with Crippen molar-refractivity contribution in [2.24, 2.45) is 17.8 Å². The highest BCUT2D eigenvalue weighted by molar-refractivity contribution is 5.75. The van der Waals surface area contributed by atoms with Gasteiger partial charge in [0.1, 0.15) is 0 Å². The monoisotopic (exact) mass is 330 g/mol. The number of hydrogen-bond acceptors (Lipinski definition) is 3. The van der Waals surface area contributed by atoms with Crippen LogP contribution in [-0.2, 0) is 13.1 Å². The highest BCUT2D eigenvalue weighted by Gasteiger charge is 2.42. The van der Waals surface area contributed by atoms with Gasteiger partial charge in [-0.15, -0.1) is 0 Å². The predicted molar refractivity (Wildman–Crippen MR) is 86.2 cm³/mol. The number of nitrogens with zero attached hydrogens (tertiary/aromatic N) is 3. The largest absolute Gasteiger partial charge is 0.465 e. The minimum absolute atomic E-state index is 0.0181. The van der Waals surface area contributed by atoms with Crippen molar-refractivity contribution in [1.29, 1.82) is 0 Å². The van der Waals surface area contributed by atoms with Crippen molar-refractivity contribution in [2.75, 3.05) is 19.6 Å². The van der Waals surface area contributed by atoms with Gasteiger partial charge >= 0.3 is 12.1 Å². The molecular weight excluding hydrogens is 308 g/mol. The van der Waals surface area contributed by atoms with Gasteiger partial charge < -0.3 is 20.2 Å². The maximum absolute atomic E-state index is 12.4. The molecule has 0 bridgehead atoms. The number of carbonyl (C=O) groups excluding carboxylic acids is 1. The van der Waals surface area contributed by atoms with E-state index in [1.54, 1.807) is 6.20 Å². The summed E-state index contributed by atoms with van der Waals surface area (Å²) in [5, 5.41) is 12.1. The number of carbonyl (C=O) groups is 2. The van der Waals surface area contributed by atoms with Gasteiger partial charge in [-0.25, -0.2) is 9.59 Å². The van der Waals surface area contributed by atoms with Crippen LogP contribution in [0.25, 0.3) is 0 Å². The van der Waals surface area contributed by atoms with Crippen LogP contribution in [0.4, 0.5) is 9.59 Å². The van der Waals surface area contributed by atoms with Gasteiger partial charge in [-0.05, 0) is 47.8 Å². The van der Waals surface area contributed by atoms with E-state index >= 15 is 0 Å². The quantitative estimate of drug-likeness (QED) is 0.865. The zero-order valence-electron chi connectivity index (χ0n) is 13.5. The van der Waals surface area contributed by atoms with E-state index in [0.29, 0.717) is 50.5 Å². The summed E-state index contributed by atoms with van der Waals surface area (Å²) in [6, 6.07) is 1.95. The molecule has 1 aromatic rings. The smallest absolute Gasteiger partial charge is 0.407 e. The molecule has 1 aromatic heterocycles. The van der Waals surface area contributed by atoms with E-state index in [9.17, 15) is 9.59 Å². The Morgan fingerprint density at radius 3 is 2.54 bits per heavy atom. The minimum Gasteiger partial charge on any atom is -0.465 e. The predicted octanol–water partition coefficient (Wildman–Crippen LogP) is 1.74. The molecule has 0 spiro atoms. The molecule has 2 fully saturated rings. The molecule has 24 heavy (non-hydrogen) atoms. The van der Waals surface area contributed by atoms with E-state index < -0.39 is 6.09 Å². The van der Waals surface area contributed by atoms with Crippen LogP contribution < -0.4 is 5.32 Å². The van der Waals surface area contributed by atoms with Crippen LogP contribution in [0.1, 0.15) is 24.0 Å². The van der Waals surface area contributed by atoms with Crippen LogP contribution >= 0.6 is 0 Å². The first-order chi connectivity index (χ1) is 11.6. The van der Waals surface area contributed by atoms with Gasteiger partial charge in [0.05, 0.1) is 0 Å². The molecule has 1 unspecified atom stereocenters. The Morgan fingerprint density at radius 2 is 1.88 bits per heavy atom. The zero-order valence-corrected chi connectivity index (χ0v) is 13.5. The summed E-state index contributed by atoms with van der Waals surface area (Å²) in [5.74, 6) is 1.39. The number of carboxylic acid groups (broad SMARTS) is 1. The van der Waals surface area contributed by atoms with Gasteiger partial charge in [-0.1, -0.05) is 0 Å². The molecule has 4 rings (SSSR count). The minimum atomic E-state index is -0.808. The normalized spacial score (nSPS) is 27.9. The molecule has 128 valence electrons. The number of hydrogen-bond donors (Lipinski definition) is 2. The number of likely N-dealkylation sites (tertiary alicyclic amines) is 1. The second-order valence-electron chi connectivity index (χ2n) is 7.23. The summed E-state index contributed by atoms with van der Waals surface area (Å²) >= 11 is 0. The first-order valence-corrected chi connectivity index (χ1v) is 8.52. The number of nitrogens with one attached hydrogen (secondary N) is 1. The van der Waals surface area contributed by atoms with E-state index in [1.165, 1.54) is 10.5 Å². The molecule has 2 aliphatic heterocycles. The van der Waals surface area contributed by atoms with Crippen molar-refractivity contribution in [2.45, 2.75) is 25.9 Å². The Morgan fingerprint density at radius 1 is 1.17 bits per heavy atom. The molecule has 0 radical (unpaired) electrons. The SMILES string of the molecule is O=C(O)N1C[C@H]2CC(CNC(=O)N3Cc4ccncc4C3)C[C@H]2C1. The van der Waals surface area contributed by atoms with Crippen molar-refractivity contribution in [3.8, 4) is 0 Å². The maximum Gasteiger partial charge on any atom is 0.407 e. The summed E-state index contributed by atoms with van der Waals surface area (Å²) in [6.45, 7) is 3.26. The lowest BCUT2D eigenvalue weighted by molar-refractivity contribution is 0.151. The summed E-state index contributed by atoms with van der Waals surface area (Å²) in [7, 11) is 0. The summed E-state index contributed by atoms with van der Waals surface area (Å²) < 4.78 is 0. The molecule has 1 aliphatic carbocycles. The molecule has 1 saturated carbocycles. The highest BCUT2D eigenvalue weighted by Crippen LogP contribution is 2.41. The molecule has 3 aliphatic rings.